The Kier molecular flexibility index (Phi) is 3.42. The summed E-state index contributed by atoms with van der Waals surface area (Å²) in [5.41, 5.74) is -2.50. The van der Waals surface area contributed by atoms with Crippen LogP contribution in [0.15, 0.2) is 0 Å². The van der Waals surface area contributed by atoms with E-state index in [9.17, 15) is 18.4 Å². The lowest BCUT2D eigenvalue weighted by Gasteiger charge is -2.43. The molecule has 2 saturated heterocycles. The van der Waals surface area contributed by atoms with Gasteiger partial charge in [-0.05, 0) is 27.2 Å². The molecule has 114 valence electrons. The maximum absolute atomic E-state index is 14.2. The SMILES string of the molecule is CC(C)(C)OC(=O)N1CCC(F)(F)C2(CCNC2=O)C1. The summed E-state index contributed by atoms with van der Waals surface area (Å²) in [7, 11) is 0. The molecule has 0 aliphatic carbocycles. The van der Waals surface area contributed by atoms with Crippen molar-refractivity contribution in [3.05, 3.63) is 0 Å². The Bertz CT molecular complexity index is 434. The number of piperidine rings is 1. The highest BCUT2D eigenvalue weighted by molar-refractivity contribution is 5.87. The summed E-state index contributed by atoms with van der Waals surface area (Å²) in [6.45, 7) is 4.96. The molecule has 1 atom stereocenters. The molecule has 2 heterocycles. The van der Waals surface area contributed by atoms with Crippen molar-refractivity contribution < 1.29 is 23.1 Å². The molecule has 0 aromatic rings. The van der Waals surface area contributed by atoms with Crippen LogP contribution in [0, 0.1) is 5.41 Å². The van der Waals surface area contributed by atoms with Crippen LogP contribution in [-0.2, 0) is 9.53 Å². The molecule has 2 amide bonds. The molecule has 0 bridgehead atoms. The standard InChI is InChI=1S/C13H20F2N2O3/c1-11(2,3)20-10(19)17-7-5-13(14,15)12(8-17)4-6-16-9(12)18/h4-8H2,1-3H3,(H,16,18). The molecule has 0 aromatic carbocycles. The summed E-state index contributed by atoms with van der Waals surface area (Å²) in [4.78, 5) is 25.1. The topological polar surface area (TPSA) is 58.6 Å². The van der Waals surface area contributed by atoms with Crippen LogP contribution in [0.1, 0.15) is 33.6 Å². The van der Waals surface area contributed by atoms with Gasteiger partial charge in [-0.15, -0.1) is 0 Å². The van der Waals surface area contributed by atoms with Gasteiger partial charge in [0.25, 0.3) is 5.92 Å². The monoisotopic (exact) mass is 290 g/mol. The van der Waals surface area contributed by atoms with Gasteiger partial charge in [0.15, 0.2) is 0 Å². The second kappa shape index (κ2) is 4.56. The molecular weight excluding hydrogens is 270 g/mol. The second-order valence-corrected chi connectivity index (χ2v) is 6.44. The number of alkyl halides is 2. The number of nitrogens with one attached hydrogen (secondary N) is 1. The molecule has 0 aromatic heterocycles. The van der Waals surface area contributed by atoms with Crippen molar-refractivity contribution >= 4 is 12.0 Å². The average molecular weight is 290 g/mol. The normalized spacial score (nSPS) is 29.4. The predicted octanol–water partition coefficient (Wildman–Crippen LogP) is 1.77. The minimum atomic E-state index is -3.09. The van der Waals surface area contributed by atoms with Gasteiger partial charge in [0, 0.05) is 26.1 Å². The van der Waals surface area contributed by atoms with E-state index in [2.05, 4.69) is 5.32 Å². The lowest BCUT2D eigenvalue weighted by atomic mass is 9.75. The van der Waals surface area contributed by atoms with Gasteiger partial charge in [0.2, 0.25) is 5.91 Å². The molecule has 2 rings (SSSR count). The van der Waals surface area contributed by atoms with Gasteiger partial charge < -0.3 is 15.0 Å². The van der Waals surface area contributed by atoms with E-state index in [1.54, 1.807) is 20.8 Å². The third-order valence-corrected chi connectivity index (χ3v) is 3.78. The third kappa shape index (κ3) is 2.45. The number of carbonyl (C=O) groups excluding carboxylic acids is 2. The molecule has 0 saturated carbocycles. The number of hydrogen-bond acceptors (Lipinski definition) is 3. The van der Waals surface area contributed by atoms with E-state index in [4.69, 9.17) is 4.74 Å². The molecule has 0 radical (unpaired) electrons. The van der Waals surface area contributed by atoms with E-state index in [1.807, 2.05) is 0 Å². The second-order valence-electron chi connectivity index (χ2n) is 6.44. The molecule has 2 aliphatic heterocycles. The summed E-state index contributed by atoms with van der Waals surface area (Å²) in [5, 5.41) is 2.45. The molecule has 2 aliphatic rings. The van der Waals surface area contributed by atoms with Crippen LogP contribution in [0.25, 0.3) is 0 Å². The van der Waals surface area contributed by atoms with E-state index in [0.717, 1.165) is 0 Å². The first-order chi connectivity index (χ1) is 9.07. The van der Waals surface area contributed by atoms with Crippen LogP contribution in [-0.4, -0.2) is 48.1 Å². The number of carbonyl (C=O) groups is 2. The van der Waals surface area contributed by atoms with Crippen LogP contribution in [0.2, 0.25) is 0 Å². The summed E-state index contributed by atoms with van der Waals surface area (Å²) in [6.07, 6.45) is -1.12. The number of hydrogen-bond donors (Lipinski definition) is 1. The molecule has 20 heavy (non-hydrogen) atoms. The van der Waals surface area contributed by atoms with Gasteiger partial charge in [-0.2, -0.15) is 0 Å². The van der Waals surface area contributed by atoms with Crippen molar-refractivity contribution in [2.24, 2.45) is 5.41 Å². The number of nitrogens with zero attached hydrogens (tertiary/aromatic N) is 1. The number of halogens is 2. The number of amides is 2. The largest absolute Gasteiger partial charge is 0.444 e. The first-order valence-corrected chi connectivity index (χ1v) is 6.71. The third-order valence-electron chi connectivity index (χ3n) is 3.78. The molecule has 1 spiro atoms. The smallest absolute Gasteiger partial charge is 0.410 e. The van der Waals surface area contributed by atoms with E-state index in [1.165, 1.54) is 4.90 Å². The van der Waals surface area contributed by atoms with Crippen molar-refractivity contribution in [3.8, 4) is 0 Å². The summed E-state index contributed by atoms with van der Waals surface area (Å²) in [6, 6.07) is 0. The van der Waals surface area contributed by atoms with Gasteiger partial charge in [-0.3, -0.25) is 4.79 Å². The zero-order valence-electron chi connectivity index (χ0n) is 12.0. The summed E-state index contributed by atoms with van der Waals surface area (Å²) in [5.74, 6) is -3.76. The van der Waals surface area contributed by atoms with Gasteiger partial charge in [-0.25, -0.2) is 13.6 Å². The summed E-state index contributed by atoms with van der Waals surface area (Å²) < 4.78 is 33.5. The Morgan fingerprint density at radius 1 is 1.35 bits per heavy atom. The van der Waals surface area contributed by atoms with Gasteiger partial charge in [-0.1, -0.05) is 0 Å². The Balaban J connectivity index is 2.17. The van der Waals surface area contributed by atoms with Crippen molar-refractivity contribution in [1.82, 2.24) is 10.2 Å². The molecule has 1 N–H and O–H groups in total. The molecule has 7 heteroatoms. The number of ether oxygens (including phenoxy) is 1. The molecule has 2 fully saturated rings. The van der Waals surface area contributed by atoms with E-state index < -0.39 is 35.4 Å². The first-order valence-electron chi connectivity index (χ1n) is 6.71. The van der Waals surface area contributed by atoms with Crippen molar-refractivity contribution in [3.63, 3.8) is 0 Å². The Morgan fingerprint density at radius 3 is 2.50 bits per heavy atom. The van der Waals surface area contributed by atoms with E-state index in [0.29, 0.717) is 0 Å². The fraction of sp³-hybridized carbons (Fsp3) is 0.846. The van der Waals surface area contributed by atoms with Crippen molar-refractivity contribution in [2.75, 3.05) is 19.6 Å². The molecule has 1 unspecified atom stereocenters. The highest BCUT2D eigenvalue weighted by atomic mass is 19.3. The molecule has 5 nitrogen and oxygen atoms in total. The fourth-order valence-corrected chi connectivity index (χ4v) is 2.69. The maximum atomic E-state index is 14.2. The number of rotatable bonds is 0. The average Bonchev–Trinajstić information content (AvgIpc) is 2.63. The maximum Gasteiger partial charge on any atom is 0.410 e. The van der Waals surface area contributed by atoms with Gasteiger partial charge >= 0.3 is 6.09 Å². The van der Waals surface area contributed by atoms with Crippen LogP contribution in [0.4, 0.5) is 13.6 Å². The Labute approximate surface area is 116 Å². The highest BCUT2D eigenvalue weighted by Gasteiger charge is 2.63. The van der Waals surface area contributed by atoms with Crippen LogP contribution < -0.4 is 5.32 Å². The van der Waals surface area contributed by atoms with Crippen LogP contribution in [0.3, 0.4) is 0 Å². The first kappa shape index (κ1) is 15.0. The lowest BCUT2D eigenvalue weighted by Crippen LogP contribution is -2.60. The Hall–Kier alpha value is -1.40. The van der Waals surface area contributed by atoms with Gasteiger partial charge in [0.05, 0.1) is 0 Å². The predicted molar refractivity (Wildman–Crippen MR) is 67.4 cm³/mol. The van der Waals surface area contributed by atoms with E-state index >= 15 is 0 Å². The minimum absolute atomic E-state index is 0.0398. The van der Waals surface area contributed by atoms with Crippen LogP contribution in [0.5, 0.6) is 0 Å². The quantitative estimate of drug-likeness (QED) is 0.739. The van der Waals surface area contributed by atoms with Gasteiger partial charge in [0.1, 0.15) is 11.0 Å². The fourth-order valence-electron chi connectivity index (χ4n) is 2.69. The molecular formula is C13H20F2N2O3. The lowest BCUT2D eigenvalue weighted by molar-refractivity contribution is -0.174. The van der Waals surface area contributed by atoms with E-state index in [-0.39, 0.29) is 26.1 Å². The minimum Gasteiger partial charge on any atom is -0.444 e. The zero-order valence-corrected chi connectivity index (χ0v) is 12.0. The van der Waals surface area contributed by atoms with Crippen LogP contribution >= 0.6 is 0 Å². The Morgan fingerprint density at radius 2 is 2.00 bits per heavy atom. The zero-order chi connectivity index (χ0) is 15.2. The number of likely N-dealkylation sites (tertiary alicyclic amines) is 1. The highest BCUT2D eigenvalue weighted by Crippen LogP contribution is 2.48. The van der Waals surface area contributed by atoms with Crippen molar-refractivity contribution in [1.29, 1.82) is 0 Å². The van der Waals surface area contributed by atoms with Crippen molar-refractivity contribution in [2.45, 2.75) is 45.1 Å². The summed E-state index contributed by atoms with van der Waals surface area (Å²) >= 11 is 0.